The van der Waals surface area contributed by atoms with Crippen LogP contribution in [-0.2, 0) is 6.54 Å². The first-order chi connectivity index (χ1) is 10.1. The molecule has 2 aromatic rings. The lowest BCUT2D eigenvalue weighted by Crippen LogP contribution is -2.15. The van der Waals surface area contributed by atoms with E-state index in [1.807, 2.05) is 0 Å². The van der Waals surface area contributed by atoms with Gasteiger partial charge < -0.3 is 5.32 Å². The van der Waals surface area contributed by atoms with Crippen LogP contribution in [-0.4, -0.2) is 6.04 Å². The molecule has 0 bridgehead atoms. The monoisotopic (exact) mass is 311 g/mol. The molecule has 1 fully saturated rings. The molecule has 0 aromatic heterocycles. The van der Waals surface area contributed by atoms with E-state index in [-0.39, 0.29) is 5.56 Å². The maximum atomic E-state index is 13.8. The van der Waals surface area contributed by atoms with E-state index >= 15 is 0 Å². The first-order valence-corrected chi connectivity index (χ1v) is 7.09. The van der Waals surface area contributed by atoms with Crippen LogP contribution in [0.3, 0.4) is 0 Å². The Morgan fingerprint density at radius 3 is 2.48 bits per heavy atom. The minimum atomic E-state index is -1.47. The van der Waals surface area contributed by atoms with Crippen molar-refractivity contribution in [3.05, 3.63) is 58.4 Å². The number of hydrogen-bond acceptors (Lipinski definition) is 1. The van der Waals surface area contributed by atoms with Crippen LogP contribution in [0.1, 0.15) is 18.4 Å². The highest BCUT2D eigenvalue weighted by Crippen LogP contribution is 2.30. The maximum absolute atomic E-state index is 13.8. The van der Waals surface area contributed by atoms with Crippen LogP contribution >= 0.6 is 11.6 Å². The van der Waals surface area contributed by atoms with Crippen LogP contribution in [0.25, 0.3) is 11.1 Å². The Kier molecular flexibility index (Phi) is 3.91. The summed E-state index contributed by atoms with van der Waals surface area (Å²) in [5, 5.41) is 3.81. The van der Waals surface area contributed by atoms with Crippen molar-refractivity contribution in [1.82, 2.24) is 5.32 Å². The van der Waals surface area contributed by atoms with Crippen molar-refractivity contribution in [2.45, 2.75) is 25.4 Å². The first-order valence-electron chi connectivity index (χ1n) is 6.72. The second kappa shape index (κ2) is 5.70. The molecule has 2 aromatic carbocycles. The van der Waals surface area contributed by atoms with Gasteiger partial charge in [-0.25, -0.2) is 13.2 Å². The molecule has 1 N–H and O–H groups in total. The first kappa shape index (κ1) is 14.4. The highest BCUT2D eigenvalue weighted by Gasteiger charge is 2.20. The zero-order valence-electron chi connectivity index (χ0n) is 11.1. The van der Waals surface area contributed by atoms with Crippen molar-refractivity contribution in [3.63, 3.8) is 0 Å². The van der Waals surface area contributed by atoms with E-state index in [0.29, 0.717) is 23.2 Å². The van der Waals surface area contributed by atoms with E-state index in [2.05, 4.69) is 5.32 Å². The fraction of sp³-hybridized carbons (Fsp3) is 0.250. The zero-order valence-corrected chi connectivity index (χ0v) is 11.9. The fourth-order valence-corrected chi connectivity index (χ4v) is 2.40. The molecule has 5 heteroatoms. The van der Waals surface area contributed by atoms with E-state index < -0.39 is 17.5 Å². The average Bonchev–Trinajstić information content (AvgIpc) is 3.28. The molecule has 0 amide bonds. The normalized spacial score (nSPS) is 14.5. The van der Waals surface area contributed by atoms with Gasteiger partial charge in [0.05, 0.1) is 0 Å². The molecule has 1 nitrogen and oxygen atoms in total. The number of nitrogens with one attached hydrogen (secondary N) is 1. The van der Waals surface area contributed by atoms with E-state index in [1.165, 1.54) is 18.9 Å². The van der Waals surface area contributed by atoms with E-state index in [9.17, 15) is 13.2 Å². The smallest absolute Gasteiger partial charge is 0.195 e. The molecule has 3 rings (SSSR count). The van der Waals surface area contributed by atoms with E-state index in [4.69, 9.17) is 11.6 Å². The predicted octanol–water partition coefficient (Wildman–Crippen LogP) is 4.68. The molecule has 0 saturated heterocycles. The second-order valence-electron chi connectivity index (χ2n) is 5.18. The summed E-state index contributed by atoms with van der Waals surface area (Å²) in [6, 6.07) is 7.68. The molecule has 0 spiro atoms. The quantitative estimate of drug-likeness (QED) is 0.809. The predicted molar refractivity (Wildman–Crippen MR) is 76.6 cm³/mol. The summed E-state index contributed by atoms with van der Waals surface area (Å²) < 4.78 is 40.0. The standard InChI is InChI=1S/C16H13ClF3N/c17-13-7-9(1-2-10(13)8-21-11-3-4-11)12-5-6-14(18)16(20)15(12)19/h1-2,5-7,11,21H,3-4,8H2. The van der Waals surface area contributed by atoms with Gasteiger partial charge in [0.15, 0.2) is 17.5 Å². The van der Waals surface area contributed by atoms with Gasteiger partial charge in [-0.2, -0.15) is 0 Å². The third-order valence-electron chi connectivity index (χ3n) is 3.56. The molecule has 1 aliphatic carbocycles. The third-order valence-corrected chi connectivity index (χ3v) is 3.91. The number of rotatable bonds is 4. The van der Waals surface area contributed by atoms with Gasteiger partial charge in [-0.15, -0.1) is 0 Å². The lowest BCUT2D eigenvalue weighted by atomic mass is 10.0. The number of benzene rings is 2. The molecule has 1 saturated carbocycles. The summed E-state index contributed by atoms with van der Waals surface area (Å²) in [7, 11) is 0. The average molecular weight is 312 g/mol. The van der Waals surface area contributed by atoms with Crippen molar-refractivity contribution in [2.24, 2.45) is 0 Å². The number of halogens is 4. The van der Waals surface area contributed by atoms with Crippen LogP contribution in [0.5, 0.6) is 0 Å². The van der Waals surface area contributed by atoms with Crippen molar-refractivity contribution in [3.8, 4) is 11.1 Å². The second-order valence-corrected chi connectivity index (χ2v) is 5.59. The summed E-state index contributed by atoms with van der Waals surface area (Å²) in [4.78, 5) is 0. The summed E-state index contributed by atoms with van der Waals surface area (Å²) in [6.07, 6.45) is 2.35. The Bertz CT molecular complexity index is 683. The minimum absolute atomic E-state index is 0.00231. The summed E-state index contributed by atoms with van der Waals surface area (Å²) in [5.41, 5.74) is 1.32. The molecular formula is C16H13ClF3N. The van der Waals surface area contributed by atoms with Crippen molar-refractivity contribution < 1.29 is 13.2 Å². The van der Waals surface area contributed by atoms with Gasteiger partial charge in [0.25, 0.3) is 0 Å². The number of hydrogen-bond donors (Lipinski definition) is 1. The fourth-order valence-electron chi connectivity index (χ4n) is 2.15. The summed E-state index contributed by atoms with van der Waals surface area (Å²) in [6.45, 7) is 0.643. The topological polar surface area (TPSA) is 12.0 Å². The van der Waals surface area contributed by atoms with E-state index in [1.54, 1.807) is 18.2 Å². The molecule has 0 aliphatic heterocycles. The minimum Gasteiger partial charge on any atom is -0.310 e. The molecule has 0 radical (unpaired) electrons. The van der Waals surface area contributed by atoms with Crippen LogP contribution < -0.4 is 5.32 Å². The van der Waals surface area contributed by atoms with Crippen LogP contribution in [0.4, 0.5) is 13.2 Å². The van der Waals surface area contributed by atoms with Gasteiger partial charge in [0, 0.05) is 23.2 Å². The van der Waals surface area contributed by atoms with Gasteiger partial charge in [-0.3, -0.25) is 0 Å². The van der Waals surface area contributed by atoms with Gasteiger partial charge >= 0.3 is 0 Å². The third kappa shape index (κ3) is 3.06. The van der Waals surface area contributed by atoms with Crippen LogP contribution in [0.2, 0.25) is 5.02 Å². The summed E-state index contributed by atoms with van der Waals surface area (Å²) >= 11 is 6.18. The molecule has 21 heavy (non-hydrogen) atoms. The molecule has 110 valence electrons. The van der Waals surface area contributed by atoms with Crippen molar-refractivity contribution in [1.29, 1.82) is 0 Å². The van der Waals surface area contributed by atoms with Gasteiger partial charge in [0.2, 0.25) is 0 Å². The highest BCUT2D eigenvalue weighted by molar-refractivity contribution is 6.31. The largest absolute Gasteiger partial charge is 0.310 e. The lowest BCUT2D eigenvalue weighted by Gasteiger charge is -2.09. The summed E-state index contributed by atoms with van der Waals surface area (Å²) in [5.74, 6) is -3.87. The molecular weight excluding hydrogens is 299 g/mol. The maximum Gasteiger partial charge on any atom is 0.195 e. The van der Waals surface area contributed by atoms with Crippen LogP contribution in [0, 0.1) is 17.5 Å². The molecule has 0 atom stereocenters. The SMILES string of the molecule is Fc1ccc(-c2ccc(CNC3CC3)c(Cl)c2)c(F)c1F. The van der Waals surface area contributed by atoms with Gasteiger partial charge in [0.1, 0.15) is 0 Å². The Balaban J connectivity index is 1.89. The van der Waals surface area contributed by atoms with Gasteiger partial charge in [-0.1, -0.05) is 23.7 Å². The van der Waals surface area contributed by atoms with Crippen LogP contribution in [0.15, 0.2) is 30.3 Å². The molecule has 0 unspecified atom stereocenters. The Hall–Kier alpha value is -1.52. The van der Waals surface area contributed by atoms with Crippen molar-refractivity contribution >= 4 is 11.6 Å². The highest BCUT2D eigenvalue weighted by atomic mass is 35.5. The Morgan fingerprint density at radius 2 is 1.81 bits per heavy atom. The van der Waals surface area contributed by atoms with E-state index in [0.717, 1.165) is 11.6 Å². The molecule has 0 heterocycles. The van der Waals surface area contributed by atoms with Crippen molar-refractivity contribution in [2.75, 3.05) is 0 Å². The lowest BCUT2D eigenvalue weighted by molar-refractivity contribution is 0.449. The zero-order chi connectivity index (χ0) is 15.0. The van der Waals surface area contributed by atoms with Gasteiger partial charge in [-0.05, 0) is 42.2 Å². The Labute approximate surface area is 125 Å². The molecule has 1 aliphatic rings. The Morgan fingerprint density at radius 1 is 1.05 bits per heavy atom.